The number of aldehydes is 1. The van der Waals surface area contributed by atoms with Crippen molar-refractivity contribution in [3.8, 4) is 0 Å². The predicted octanol–water partition coefficient (Wildman–Crippen LogP) is 2.40. The molecule has 58 valence electrons. The van der Waals surface area contributed by atoms with E-state index in [0.29, 0.717) is 5.92 Å². The fourth-order valence-electron chi connectivity index (χ4n) is 1.63. The number of carbonyl (C=O) groups excluding carboxylic acids is 1. The second kappa shape index (κ2) is 3.75. The molecule has 0 N–H and O–H groups in total. The van der Waals surface area contributed by atoms with E-state index in [2.05, 4.69) is 6.92 Å². The molecule has 1 aliphatic carbocycles. The Morgan fingerprint density at radius 1 is 1.50 bits per heavy atom. The third-order valence-corrected chi connectivity index (χ3v) is 2.43. The fraction of sp³-hybridized carbons (Fsp3) is 0.889. The van der Waals surface area contributed by atoms with Crippen molar-refractivity contribution in [3.05, 3.63) is 0 Å². The molecule has 1 nitrogen and oxygen atoms in total. The average Bonchev–Trinajstić information content (AvgIpc) is 1.86. The first-order chi connectivity index (χ1) is 4.86. The first-order valence-electron chi connectivity index (χ1n) is 4.32. The Morgan fingerprint density at radius 2 is 2.20 bits per heavy atom. The minimum atomic E-state index is 0.418. The highest BCUT2D eigenvalue weighted by Crippen LogP contribution is 2.35. The molecular weight excluding hydrogens is 124 g/mol. The number of unbranched alkanes of at least 4 members (excludes halogenated alkanes) is 1. The summed E-state index contributed by atoms with van der Waals surface area (Å²) in [7, 11) is 0. The molecule has 0 atom stereocenters. The molecule has 0 aromatic heterocycles. The van der Waals surface area contributed by atoms with Gasteiger partial charge in [0.2, 0.25) is 0 Å². The standard InChI is InChI=1S/C9H16O/c1-2-3-4-8-5-9(6-8)7-10/h7-9H,2-6H2,1H3. The van der Waals surface area contributed by atoms with E-state index >= 15 is 0 Å². The van der Waals surface area contributed by atoms with Gasteiger partial charge in [0.25, 0.3) is 0 Å². The Labute approximate surface area is 62.8 Å². The van der Waals surface area contributed by atoms with Gasteiger partial charge in [-0.1, -0.05) is 26.2 Å². The minimum absolute atomic E-state index is 0.418. The van der Waals surface area contributed by atoms with Gasteiger partial charge in [0, 0.05) is 5.92 Å². The van der Waals surface area contributed by atoms with E-state index in [9.17, 15) is 4.79 Å². The van der Waals surface area contributed by atoms with Gasteiger partial charge < -0.3 is 4.79 Å². The van der Waals surface area contributed by atoms with Crippen molar-refractivity contribution in [2.24, 2.45) is 11.8 Å². The molecule has 0 spiro atoms. The van der Waals surface area contributed by atoms with Crippen molar-refractivity contribution in [2.45, 2.75) is 39.0 Å². The Kier molecular flexibility index (Phi) is 2.91. The van der Waals surface area contributed by atoms with Gasteiger partial charge >= 0.3 is 0 Å². The lowest BCUT2D eigenvalue weighted by molar-refractivity contribution is -0.114. The molecule has 1 fully saturated rings. The summed E-state index contributed by atoms with van der Waals surface area (Å²) in [4.78, 5) is 10.2. The minimum Gasteiger partial charge on any atom is -0.303 e. The van der Waals surface area contributed by atoms with Crippen LogP contribution in [0.15, 0.2) is 0 Å². The summed E-state index contributed by atoms with van der Waals surface area (Å²) in [6.07, 6.45) is 7.44. The number of hydrogen-bond acceptors (Lipinski definition) is 1. The smallest absolute Gasteiger partial charge is 0.123 e. The van der Waals surface area contributed by atoms with E-state index in [1.165, 1.54) is 32.1 Å². The van der Waals surface area contributed by atoms with Crippen LogP contribution in [0.25, 0.3) is 0 Å². The first kappa shape index (κ1) is 7.77. The lowest BCUT2D eigenvalue weighted by atomic mass is 9.73. The summed E-state index contributed by atoms with van der Waals surface area (Å²) < 4.78 is 0. The van der Waals surface area contributed by atoms with Crippen LogP contribution in [-0.2, 0) is 4.79 Å². The molecule has 0 aromatic rings. The number of rotatable bonds is 4. The van der Waals surface area contributed by atoms with E-state index in [0.717, 1.165) is 12.2 Å². The summed E-state index contributed by atoms with van der Waals surface area (Å²) in [5.74, 6) is 1.30. The third kappa shape index (κ3) is 1.83. The monoisotopic (exact) mass is 140 g/mol. The van der Waals surface area contributed by atoms with Gasteiger partial charge in [-0.25, -0.2) is 0 Å². The van der Waals surface area contributed by atoms with Crippen molar-refractivity contribution in [1.29, 1.82) is 0 Å². The van der Waals surface area contributed by atoms with Crippen molar-refractivity contribution in [1.82, 2.24) is 0 Å². The van der Waals surface area contributed by atoms with Crippen LogP contribution in [0.5, 0.6) is 0 Å². The van der Waals surface area contributed by atoms with Crippen molar-refractivity contribution < 1.29 is 4.79 Å². The molecule has 1 saturated carbocycles. The second-order valence-electron chi connectivity index (χ2n) is 3.38. The maximum atomic E-state index is 10.2. The van der Waals surface area contributed by atoms with Crippen molar-refractivity contribution >= 4 is 6.29 Å². The van der Waals surface area contributed by atoms with Crippen LogP contribution in [0.2, 0.25) is 0 Å². The number of carbonyl (C=O) groups is 1. The zero-order valence-electron chi connectivity index (χ0n) is 6.68. The van der Waals surface area contributed by atoms with E-state index in [4.69, 9.17) is 0 Å². The second-order valence-corrected chi connectivity index (χ2v) is 3.38. The summed E-state index contributed by atoms with van der Waals surface area (Å²) in [6, 6.07) is 0. The third-order valence-electron chi connectivity index (χ3n) is 2.43. The molecule has 0 radical (unpaired) electrons. The van der Waals surface area contributed by atoms with Crippen LogP contribution >= 0.6 is 0 Å². The van der Waals surface area contributed by atoms with Crippen LogP contribution < -0.4 is 0 Å². The van der Waals surface area contributed by atoms with Gasteiger partial charge in [0.1, 0.15) is 6.29 Å². The molecule has 1 heteroatoms. The zero-order chi connectivity index (χ0) is 7.40. The summed E-state index contributed by atoms with van der Waals surface area (Å²) in [5, 5.41) is 0. The van der Waals surface area contributed by atoms with Crippen LogP contribution in [0, 0.1) is 11.8 Å². The van der Waals surface area contributed by atoms with Crippen molar-refractivity contribution in [2.75, 3.05) is 0 Å². The molecule has 0 aliphatic heterocycles. The van der Waals surface area contributed by atoms with Gasteiger partial charge in [-0.05, 0) is 18.8 Å². The molecule has 0 unspecified atom stereocenters. The normalized spacial score (nSPS) is 31.3. The van der Waals surface area contributed by atoms with Crippen LogP contribution in [0.4, 0.5) is 0 Å². The molecule has 0 amide bonds. The van der Waals surface area contributed by atoms with Crippen LogP contribution in [0.1, 0.15) is 39.0 Å². The largest absolute Gasteiger partial charge is 0.303 e. The lowest BCUT2D eigenvalue weighted by Crippen LogP contribution is -2.24. The Bertz CT molecular complexity index is 103. The Balaban J connectivity index is 1.97. The lowest BCUT2D eigenvalue weighted by Gasteiger charge is -2.31. The molecular formula is C9H16O. The highest BCUT2D eigenvalue weighted by atomic mass is 16.1. The summed E-state index contributed by atoms with van der Waals surface area (Å²) in [5.41, 5.74) is 0. The van der Waals surface area contributed by atoms with E-state index in [1.54, 1.807) is 0 Å². The van der Waals surface area contributed by atoms with Gasteiger partial charge in [-0.2, -0.15) is 0 Å². The van der Waals surface area contributed by atoms with Crippen LogP contribution in [-0.4, -0.2) is 6.29 Å². The molecule has 0 saturated heterocycles. The topological polar surface area (TPSA) is 17.1 Å². The maximum absolute atomic E-state index is 10.2. The maximum Gasteiger partial charge on any atom is 0.123 e. The quantitative estimate of drug-likeness (QED) is 0.548. The van der Waals surface area contributed by atoms with Gasteiger partial charge in [0.05, 0.1) is 0 Å². The van der Waals surface area contributed by atoms with Crippen molar-refractivity contribution in [3.63, 3.8) is 0 Å². The Hall–Kier alpha value is -0.330. The molecule has 1 aliphatic rings. The van der Waals surface area contributed by atoms with Gasteiger partial charge in [-0.3, -0.25) is 0 Å². The van der Waals surface area contributed by atoms with E-state index in [1.807, 2.05) is 0 Å². The molecule has 1 rings (SSSR count). The first-order valence-corrected chi connectivity index (χ1v) is 4.32. The summed E-state index contributed by atoms with van der Waals surface area (Å²) in [6.45, 7) is 2.22. The number of hydrogen-bond donors (Lipinski definition) is 0. The van der Waals surface area contributed by atoms with E-state index in [-0.39, 0.29) is 0 Å². The SMILES string of the molecule is CCCCC1CC(C=O)C1. The summed E-state index contributed by atoms with van der Waals surface area (Å²) >= 11 is 0. The van der Waals surface area contributed by atoms with Gasteiger partial charge in [0.15, 0.2) is 0 Å². The average molecular weight is 140 g/mol. The molecule has 0 heterocycles. The Morgan fingerprint density at radius 3 is 2.70 bits per heavy atom. The highest BCUT2D eigenvalue weighted by Gasteiger charge is 2.27. The molecule has 0 aromatic carbocycles. The van der Waals surface area contributed by atoms with Gasteiger partial charge in [-0.15, -0.1) is 0 Å². The molecule has 0 bridgehead atoms. The van der Waals surface area contributed by atoms with E-state index < -0.39 is 0 Å². The highest BCUT2D eigenvalue weighted by molar-refractivity contribution is 5.54. The van der Waals surface area contributed by atoms with Crippen LogP contribution in [0.3, 0.4) is 0 Å². The molecule has 10 heavy (non-hydrogen) atoms. The predicted molar refractivity (Wildman–Crippen MR) is 41.8 cm³/mol. The zero-order valence-corrected chi connectivity index (χ0v) is 6.68. The fourth-order valence-corrected chi connectivity index (χ4v) is 1.63.